The SMILES string of the molecule is CS(=O)(=O)c1cc(Cn2cnc(C(F)(F)F)c(Oc3cc(Cl)cc(C#N)c3)c2=O)n[nH]c1=O. The Morgan fingerprint density at radius 2 is 1.94 bits per heavy atom. The zero-order chi connectivity index (χ0) is 24.6. The van der Waals surface area contributed by atoms with Gasteiger partial charge in [-0.05, 0) is 24.3 Å². The topological polar surface area (TPSA) is 148 Å². The summed E-state index contributed by atoms with van der Waals surface area (Å²) in [5.41, 5.74) is -4.10. The van der Waals surface area contributed by atoms with Gasteiger partial charge in [0.15, 0.2) is 15.5 Å². The van der Waals surface area contributed by atoms with Crippen LogP contribution in [0.1, 0.15) is 17.0 Å². The molecule has 0 bridgehead atoms. The lowest BCUT2D eigenvalue weighted by Gasteiger charge is -2.14. The van der Waals surface area contributed by atoms with Crippen LogP contribution in [-0.2, 0) is 22.6 Å². The van der Waals surface area contributed by atoms with E-state index in [1.165, 1.54) is 6.07 Å². The summed E-state index contributed by atoms with van der Waals surface area (Å²) in [6.45, 7) is -0.543. The van der Waals surface area contributed by atoms with Crippen molar-refractivity contribution < 1.29 is 26.3 Å². The summed E-state index contributed by atoms with van der Waals surface area (Å²) in [6.07, 6.45) is -3.72. The van der Waals surface area contributed by atoms with Crippen molar-refractivity contribution in [3.8, 4) is 17.6 Å². The number of nitriles is 1. The minimum Gasteiger partial charge on any atom is -0.449 e. The highest BCUT2D eigenvalue weighted by Gasteiger charge is 2.38. The van der Waals surface area contributed by atoms with Gasteiger partial charge in [0.25, 0.3) is 11.1 Å². The normalized spacial score (nSPS) is 11.8. The molecule has 0 atom stereocenters. The largest absolute Gasteiger partial charge is 0.449 e. The van der Waals surface area contributed by atoms with E-state index in [2.05, 4.69) is 10.1 Å². The van der Waals surface area contributed by atoms with E-state index in [0.29, 0.717) is 10.9 Å². The van der Waals surface area contributed by atoms with Gasteiger partial charge < -0.3 is 4.74 Å². The van der Waals surface area contributed by atoms with Crippen molar-refractivity contribution in [2.45, 2.75) is 17.6 Å². The Balaban J connectivity index is 2.12. The third-order valence-corrected chi connectivity index (χ3v) is 5.36. The molecule has 0 amide bonds. The van der Waals surface area contributed by atoms with Crippen LogP contribution in [0.3, 0.4) is 0 Å². The number of hydrogen-bond acceptors (Lipinski definition) is 8. The fourth-order valence-corrected chi connectivity index (χ4v) is 3.60. The highest BCUT2D eigenvalue weighted by Crippen LogP contribution is 2.35. The van der Waals surface area contributed by atoms with Crippen LogP contribution in [0.15, 0.2) is 45.1 Å². The lowest BCUT2D eigenvalue weighted by Crippen LogP contribution is -2.28. The summed E-state index contributed by atoms with van der Waals surface area (Å²) in [7, 11) is -3.94. The van der Waals surface area contributed by atoms with Crippen molar-refractivity contribution in [3.63, 3.8) is 0 Å². The van der Waals surface area contributed by atoms with Gasteiger partial charge in [-0.3, -0.25) is 14.2 Å². The van der Waals surface area contributed by atoms with E-state index < -0.39 is 50.0 Å². The number of aromatic amines is 1. The maximum atomic E-state index is 13.5. The minimum absolute atomic E-state index is 0.0208. The molecule has 0 spiro atoms. The number of nitrogens with zero attached hydrogens (tertiary/aromatic N) is 4. The Kier molecular flexibility index (Phi) is 6.30. The summed E-state index contributed by atoms with van der Waals surface area (Å²) in [4.78, 5) is 27.1. The lowest BCUT2D eigenvalue weighted by molar-refractivity contribution is -0.142. The smallest absolute Gasteiger partial charge is 0.437 e. The van der Waals surface area contributed by atoms with Crippen molar-refractivity contribution in [1.82, 2.24) is 19.7 Å². The van der Waals surface area contributed by atoms with Crippen molar-refractivity contribution in [1.29, 1.82) is 5.26 Å². The van der Waals surface area contributed by atoms with Crippen molar-refractivity contribution in [2.24, 2.45) is 0 Å². The molecule has 0 aliphatic heterocycles. The molecular formula is C18H11ClF3N5O5S. The number of alkyl halides is 3. The first-order valence-electron chi connectivity index (χ1n) is 8.63. The summed E-state index contributed by atoms with van der Waals surface area (Å²) in [5, 5.41) is 14.5. The number of H-pyrrole nitrogens is 1. The first-order valence-corrected chi connectivity index (χ1v) is 10.9. The van der Waals surface area contributed by atoms with E-state index in [0.717, 1.165) is 24.5 Å². The Hall–Kier alpha value is -3.70. The molecule has 172 valence electrons. The summed E-state index contributed by atoms with van der Waals surface area (Å²) >= 11 is 5.83. The van der Waals surface area contributed by atoms with Crippen LogP contribution in [0.25, 0.3) is 0 Å². The number of ether oxygens (including phenoxy) is 1. The highest BCUT2D eigenvalue weighted by atomic mass is 35.5. The number of aromatic nitrogens is 4. The van der Waals surface area contributed by atoms with E-state index in [4.69, 9.17) is 21.6 Å². The van der Waals surface area contributed by atoms with E-state index in [9.17, 15) is 31.2 Å². The average Bonchev–Trinajstić information content (AvgIpc) is 2.70. The molecule has 0 radical (unpaired) electrons. The van der Waals surface area contributed by atoms with Crippen LogP contribution in [0.2, 0.25) is 5.02 Å². The fraction of sp³-hybridized carbons (Fsp3) is 0.167. The first kappa shape index (κ1) is 24.0. The van der Waals surface area contributed by atoms with Crippen LogP contribution < -0.4 is 15.9 Å². The van der Waals surface area contributed by atoms with Crippen LogP contribution in [0, 0.1) is 11.3 Å². The average molecular weight is 502 g/mol. The Morgan fingerprint density at radius 3 is 2.55 bits per heavy atom. The van der Waals surface area contributed by atoms with Gasteiger partial charge in [-0.1, -0.05) is 11.6 Å². The Bertz CT molecular complexity index is 1510. The Labute approximate surface area is 187 Å². The number of halogens is 4. The van der Waals surface area contributed by atoms with Gasteiger partial charge in [0.05, 0.1) is 30.2 Å². The van der Waals surface area contributed by atoms with Crippen LogP contribution >= 0.6 is 11.6 Å². The molecule has 3 rings (SSSR count). The monoisotopic (exact) mass is 501 g/mol. The second-order valence-corrected chi connectivity index (χ2v) is 8.99. The zero-order valence-electron chi connectivity index (χ0n) is 16.3. The van der Waals surface area contributed by atoms with Crippen molar-refractivity contribution in [2.75, 3.05) is 6.26 Å². The number of nitrogens with one attached hydrogen (secondary N) is 1. The molecular weight excluding hydrogens is 491 g/mol. The predicted octanol–water partition coefficient (Wildman–Crippen LogP) is 2.11. The van der Waals surface area contributed by atoms with Gasteiger partial charge in [0, 0.05) is 11.3 Å². The number of hydrogen-bond donors (Lipinski definition) is 1. The number of rotatable bonds is 5. The molecule has 33 heavy (non-hydrogen) atoms. The predicted molar refractivity (Wildman–Crippen MR) is 107 cm³/mol. The minimum atomic E-state index is -5.07. The molecule has 0 saturated carbocycles. The van der Waals surface area contributed by atoms with E-state index in [1.807, 2.05) is 5.10 Å². The van der Waals surface area contributed by atoms with Gasteiger partial charge in [-0.15, -0.1) is 0 Å². The summed E-state index contributed by atoms with van der Waals surface area (Å²) in [5.74, 6) is -1.52. The standard InChI is InChI=1S/C18H11ClF3N5O5S/c1-33(30,31)13-5-11(25-26-16(13)28)7-27-8-24-15(18(20,21)22)14(17(27)29)32-12-3-9(6-23)2-10(19)4-12/h2-5,8H,7H2,1H3,(H,26,28). The highest BCUT2D eigenvalue weighted by molar-refractivity contribution is 7.90. The van der Waals surface area contributed by atoms with Crippen molar-refractivity contribution >= 4 is 21.4 Å². The van der Waals surface area contributed by atoms with E-state index in [1.54, 1.807) is 6.07 Å². The zero-order valence-corrected chi connectivity index (χ0v) is 17.9. The van der Waals surface area contributed by atoms with Crippen molar-refractivity contribution in [3.05, 3.63) is 73.3 Å². The molecule has 0 unspecified atom stereocenters. The Morgan fingerprint density at radius 1 is 1.24 bits per heavy atom. The van der Waals surface area contributed by atoms with Crippen LogP contribution in [-0.4, -0.2) is 34.4 Å². The van der Waals surface area contributed by atoms with Gasteiger partial charge in [0.1, 0.15) is 10.6 Å². The quantitative estimate of drug-likeness (QED) is 0.559. The molecule has 1 N–H and O–H groups in total. The maximum absolute atomic E-state index is 13.5. The van der Waals surface area contributed by atoms with Gasteiger partial charge in [-0.2, -0.15) is 23.5 Å². The van der Waals surface area contributed by atoms with Gasteiger partial charge in [-0.25, -0.2) is 18.5 Å². The third-order valence-electron chi connectivity index (χ3n) is 4.04. The fourth-order valence-electron chi connectivity index (χ4n) is 2.64. The molecule has 0 aliphatic carbocycles. The van der Waals surface area contributed by atoms with E-state index >= 15 is 0 Å². The molecule has 10 nitrogen and oxygen atoms in total. The second-order valence-electron chi connectivity index (χ2n) is 6.57. The first-order chi connectivity index (χ1) is 15.3. The molecule has 15 heteroatoms. The molecule has 0 fully saturated rings. The molecule has 1 aromatic carbocycles. The number of sulfone groups is 1. The summed E-state index contributed by atoms with van der Waals surface area (Å²) < 4.78 is 69.6. The molecule has 0 aliphatic rings. The number of benzene rings is 1. The summed E-state index contributed by atoms with van der Waals surface area (Å²) in [6, 6.07) is 6.04. The van der Waals surface area contributed by atoms with E-state index in [-0.39, 0.29) is 22.0 Å². The third kappa shape index (κ3) is 5.38. The van der Waals surface area contributed by atoms with Gasteiger partial charge in [0.2, 0.25) is 5.75 Å². The molecule has 3 aromatic rings. The maximum Gasteiger partial charge on any atom is 0.437 e. The molecule has 0 saturated heterocycles. The molecule has 2 aromatic heterocycles. The van der Waals surface area contributed by atoms with Crippen LogP contribution in [0.4, 0.5) is 13.2 Å². The lowest BCUT2D eigenvalue weighted by atomic mass is 10.2. The molecule has 2 heterocycles. The van der Waals surface area contributed by atoms with Gasteiger partial charge >= 0.3 is 6.18 Å². The van der Waals surface area contributed by atoms with Crippen LogP contribution in [0.5, 0.6) is 11.5 Å². The second kappa shape index (κ2) is 8.68.